The van der Waals surface area contributed by atoms with Gasteiger partial charge in [0.25, 0.3) is 0 Å². The lowest BCUT2D eigenvalue weighted by Crippen LogP contribution is -2.16. The maximum atomic E-state index is 5.86. The number of nitrogens with two attached hydrogens (primary N) is 4. The number of aromatic nitrogens is 6. The number of anilines is 17. The van der Waals surface area contributed by atoms with Crippen LogP contribution in [0.4, 0.5) is 98.3 Å². The van der Waals surface area contributed by atoms with Gasteiger partial charge in [0.05, 0.1) is 0 Å². The second kappa shape index (κ2) is 19.7. The molecule has 9 aromatic rings. The Morgan fingerprint density at radius 3 is 0.969 bits per heavy atom. The summed E-state index contributed by atoms with van der Waals surface area (Å²) in [5.41, 5.74) is 31.9. The second-order valence-electron chi connectivity index (χ2n) is 14.1. The standard InChI is InChI=1S/C27H24N8.C21H20N8/c28-19-11-15-21(16-12-19)30-25-32-26(31-22-17-13-20(29)14-18-22)34-27(33-25)35(23-7-3-1-4-8-23)24-9-5-2-6-10-24;22-14-6-4-10-17(12-14)25-20-27-19(24-16-8-2-1-3-9-16)28-21(29-20)26-18-11-5-7-15(23)13-18/h1-18H,28-29H2,(H2,30,31,32,33,34);1-13H,22-23H2,(H3,24,25,26,27,28,29). The highest BCUT2D eigenvalue weighted by Crippen LogP contribution is 2.33. The van der Waals surface area contributed by atoms with Crippen LogP contribution in [0.15, 0.2) is 188 Å². The molecular weight excluding hydrogens is 801 g/mol. The van der Waals surface area contributed by atoms with Gasteiger partial charge in [-0.15, -0.1) is 0 Å². The van der Waals surface area contributed by atoms with E-state index < -0.39 is 0 Å². The van der Waals surface area contributed by atoms with Crippen LogP contribution in [-0.2, 0) is 0 Å². The van der Waals surface area contributed by atoms with E-state index >= 15 is 0 Å². The monoisotopic (exact) mass is 844 g/mol. The molecule has 0 aliphatic heterocycles. The average Bonchev–Trinajstić information content (AvgIpc) is 3.29. The first-order valence-electron chi connectivity index (χ1n) is 20.0. The molecule has 16 nitrogen and oxygen atoms in total. The van der Waals surface area contributed by atoms with Crippen molar-refractivity contribution in [2.24, 2.45) is 0 Å². The van der Waals surface area contributed by atoms with Crippen molar-refractivity contribution >= 4 is 98.3 Å². The van der Waals surface area contributed by atoms with Crippen LogP contribution in [0.2, 0.25) is 0 Å². The van der Waals surface area contributed by atoms with E-state index in [1.54, 1.807) is 12.1 Å². The zero-order valence-electron chi connectivity index (χ0n) is 34.3. The summed E-state index contributed by atoms with van der Waals surface area (Å²) >= 11 is 0. The highest BCUT2D eigenvalue weighted by molar-refractivity contribution is 5.74. The molecule has 64 heavy (non-hydrogen) atoms. The molecular formula is C48H44N16. The largest absolute Gasteiger partial charge is 0.399 e. The molecule has 0 spiro atoms. The van der Waals surface area contributed by atoms with Crippen LogP contribution in [-0.4, -0.2) is 29.9 Å². The van der Waals surface area contributed by atoms with E-state index in [1.807, 2.05) is 181 Å². The van der Waals surface area contributed by atoms with Crippen LogP contribution in [0.5, 0.6) is 0 Å². The van der Waals surface area contributed by atoms with Crippen LogP contribution in [0.3, 0.4) is 0 Å². The van der Waals surface area contributed by atoms with E-state index in [1.165, 1.54) is 0 Å². The molecule has 0 radical (unpaired) electrons. The van der Waals surface area contributed by atoms with Gasteiger partial charge in [0, 0.05) is 62.6 Å². The molecule has 316 valence electrons. The fourth-order valence-electron chi connectivity index (χ4n) is 6.19. The molecule has 7 aromatic carbocycles. The number of nitrogens with one attached hydrogen (secondary N) is 5. The van der Waals surface area contributed by atoms with E-state index in [-0.39, 0.29) is 0 Å². The fraction of sp³-hybridized carbons (Fsp3) is 0. The summed E-state index contributed by atoms with van der Waals surface area (Å²) in [4.78, 5) is 29.5. The molecule has 2 aromatic heterocycles. The molecule has 13 N–H and O–H groups in total. The maximum absolute atomic E-state index is 5.86. The van der Waals surface area contributed by atoms with E-state index in [9.17, 15) is 0 Å². The first-order chi connectivity index (χ1) is 31.3. The summed E-state index contributed by atoms with van der Waals surface area (Å²) in [6.45, 7) is 0. The van der Waals surface area contributed by atoms with E-state index in [4.69, 9.17) is 32.9 Å². The molecule has 0 fully saturated rings. The van der Waals surface area contributed by atoms with Crippen LogP contribution >= 0.6 is 0 Å². The first kappa shape index (κ1) is 41.3. The third kappa shape index (κ3) is 11.4. The lowest BCUT2D eigenvalue weighted by molar-refractivity contribution is 1.02. The van der Waals surface area contributed by atoms with Crippen molar-refractivity contribution in [1.29, 1.82) is 0 Å². The first-order valence-corrected chi connectivity index (χ1v) is 20.0. The van der Waals surface area contributed by atoms with Crippen LogP contribution in [0.25, 0.3) is 0 Å². The molecule has 9 rings (SSSR count). The number of nitrogens with zero attached hydrogens (tertiary/aromatic N) is 7. The molecule has 0 aliphatic rings. The van der Waals surface area contributed by atoms with E-state index in [2.05, 4.69) is 46.5 Å². The van der Waals surface area contributed by atoms with Gasteiger partial charge in [-0.3, -0.25) is 4.90 Å². The molecule has 0 aliphatic carbocycles. The number of para-hydroxylation sites is 3. The van der Waals surface area contributed by atoms with Gasteiger partial charge in [-0.05, 0) is 121 Å². The van der Waals surface area contributed by atoms with Crippen molar-refractivity contribution < 1.29 is 0 Å². The topological polar surface area (TPSA) is 245 Å². The summed E-state index contributed by atoms with van der Waals surface area (Å²) < 4.78 is 0. The predicted octanol–water partition coefficient (Wildman–Crippen LogP) is 10.3. The number of hydrogen-bond acceptors (Lipinski definition) is 16. The predicted molar refractivity (Wildman–Crippen MR) is 261 cm³/mol. The minimum atomic E-state index is 0.371. The summed E-state index contributed by atoms with van der Waals surface area (Å²) in [6.07, 6.45) is 0. The van der Waals surface area contributed by atoms with E-state index in [0.717, 1.165) is 39.8 Å². The Labute approximate surface area is 369 Å². The van der Waals surface area contributed by atoms with Gasteiger partial charge < -0.3 is 49.5 Å². The number of benzene rings is 7. The van der Waals surface area contributed by atoms with E-state index in [0.29, 0.717) is 58.4 Å². The summed E-state index contributed by atoms with van der Waals surface area (Å²) in [6, 6.07) is 59.1. The van der Waals surface area contributed by atoms with Gasteiger partial charge in [-0.25, -0.2) is 0 Å². The molecule has 2 heterocycles. The van der Waals surface area contributed by atoms with Crippen LogP contribution in [0.1, 0.15) is 0 Å². The Bertz CT molecular complexity index is 2730. The fourth-order valence-corrected chi connectivity index (χ4v) is 6.19. The Kier molecular flexibility index (Phi) is 12.7. The molecule has 0 saturated carbocycles. The number of rotatable bonds is 13. The van der Waals surface area contributed by atoms with Crippen LogP contribution < -0.4 is 54.4 Å². The lowest BCUT2D eigenvalue weighted by Gasteiger charge is -2.24. The van der Waals surface area contributed by atoms with Crippen molar-refractivity contribution in [3.63, 3.8) is 0 Å². The summed E-state index contributed by atoms with van der Waals surface area (Å²) in [5, 5.41) is 16.0. The number of nitrogen functional groups attached to an aromatic ring is 4. The van der Waals surface area contributed by atoms with Crippen molar-refractivity contribution in [2.45, 2.75) is 0 Å². The van der Waals surface area contributed by atoms with Crippen molar-refractivity contribution in [1.82, 2.24) is 29.9 Å². The third-order valence-corrected chi connectivity index (χ3v) is 9.14. The Morgan fingerprint density at radius 2 is 0.594 bits per heavy atom. The summed E-state index contributed by atoms with van der Waals surface area (Å²) in [7, 11) is 0. The molecule has 0 saturated heterocycles. The van der Waals surface area contributed by atoms with Crippen LogP contribution in [0, 0.1) is 0 Å². The highest BCUT2D eigenvalue weighted by Gasteiger charge is 2.18. The smallest absolute Gasteiger partial charge is 0.241 e. The molecule has 16 heteroatoms. The zero-order chi connectivity index (χ0) is 44.1. The molecule has 0 bridgehead atoms. The molecule has 0 atom stereocenters. The van der Waals surface area contributed by atoms with Crippen molar-refractivity contribution in [2.75, 3.05) is 54.4 Å². The van der Waals surface area contributed by atoms with Gasteiger partial charge in [-0.1, -0.05) is 66.7 Å². The Morgan fingerprint density at radius 1 is 0.281 bits per heavy atom. The van der Waals surface area contributed by atoms with Crippen molar-refractivity contribution in [3.8, 4) is 0 Å². The quantitative estimate of drug-likeness (QED) is 0.0490. The van der Waals surface area contributed by atoms with Gasteiger partial charge in [0.2, 0.25) is 35.7 Å². The Hall–Kier alpha value is -9.44. The normalized spacial score (nSPS) is 10.4. The maximum Gasteiger partial charge on any atom is 0.241 e. The van der Waals surface area contributed by atoms with Gasteiger partial charge >= 0.3 is 0 Å². The van der Waals surface area contributed by atoms with Gasteiger partial charge in [0.15, 0.2) is 0 Å². The number of hydrogen-bond donors (Lipinski definition) is 9. The highest BCUT2D eigenvalue weighted by atomic mass is 15.3. The second-order valence-corrected chi connectivity index (χ2v) is 14.1. The zero-order valence-corrected chi connectivity index (χ0v) is 34.3. The summed E-state index contributed by atoms with van der Waals surface area (Å²) in [5.74, 6) is 2.35. The Balaban J connectivity index is 0.000000178. The average molecular weight is 845 g/mol. The van der Waals surface area contributed by atoms with Gasteiger partial charge in [0.1, 0.15) is 0 Å². The third-order valence-electron chi connectivity index (χ3n) is 9.14. The van der Waals surface area contributed by atoms with Crippen molar-refractivity contribution in [3.05, 3.63) is 188 Å². The van der Waals surface area contributed by atoms with Gasteiger partial charge in [-0.2, -0.15) is 29.9 Å². The molecule has 0 amide bonds. The lowest BCUT2D eigenvalue weighted by atomic mass is 10.2. The minimum Gasteiger partial charge on any atom is -0.399 e. The molecule has 0 unspecified atom stereocenters. The minimum absolute atomic E-state index is 0.371. The SMILES string of the molecule is Nc1ccc(Nc2nc(Nc3ccc(N)cc3)nc(N(c3ccccc3)c3ccccc3)n2)cc1.Nc1cccc(Nc2nc(Nc3ccccc3)nc(Nc3cccc(N)c3)n2)c1.